The Morgan fingerprint density at radius 3 is 2.20 bits per heavy atom. The topological polar surface area (TPSA) is 108 Å². The van der Waals surface area contributed by atoms with E-state index in [1.54, 1.807) is 32.6 Å². The molecule has 2 aliphatic rings. The molecule has 1 heterocycles. The van der Waals surface area contributed by atoms with E-state index in [-0.39, 0.29) is 23.9 Å². The van der Waals surface area contributed by atoms with Crippen LogP contribution >= 0.6 is 0 Å². The maximum Gasteiger partial charge on any atom is 0.410 e. The van der Waals surface area contributed by atoms with Crippen LogP contribution in [0.5, 0.6) is 0 Å². The number of aryl methyl sites for hydroxylation is 1. The molecule has 9 nitrogen and oxygen atoms in total. The third kappa shape index (κ3) is 8.05. The van der Waals surface area contributed by atoms with Gasteiger partial charge in [0.2, 0.25) is 17.7 Å². The first kappa shape index (κ1) is 34.0. The summed E-state index contributed by atoms with van der Waals surface area (Å²) in [5, 5.41) is 6.22. The third-order valence-corrected chi connectivity index (χ3v) is 8.85. The van der Waals surface area contributed by atoms with E-state index in [0.29, 0.717) is 12.8 Å². The highest BCUT2D eigenvalue weighted by atomic mass is 16.6. The lowest BCUT2D eigenvalue weighted by Gasteiger charge is -2.39. The van der Waals surface area contributed by atoms with E-state index in [0.717, 1.165) is 30.4 Å². The highest BCUT2D eigenvalue weighted by molar-refractivity contribution is 5.95. The van der Waals surface area contributed by atoms with Gasteiger partial charge in [0, 0.05) is 7.05 Å². The van der Waals surface area contributed by atoms with Crippen LogP contribution in [0.3, 0.4) is 0 Å². The summed E-state index contributed by atoms with van der Waals surface area (Å²) in [6.07, 6.45) is 3.31. The van der Waals surface area contributed by atoms with E-state index >= 15 is 0 Å². The zero-order chi connectivity index (χ0) is 33.1. The van der Waals surface area contributed by atoms with Crippen molar-refractivity contribution < 1.29 is 23.9 Å². The van der Waals surface area contributed by atoms with Gasteiger partial charge in [-0.15, -0.1) is 0 Å². The lowest BCUT2D eigenvalue weighted by molar-refractivity contribution is -0.146. The maximum atomic E-state index is 14.7. The second kappa shape index (κ2) is 13.6. The molecule has 2 N–H and O–H groups in total. The van der Waals surface area contributed by atoms with Gasteiger partial charge in [0.1, 0.15) is 23.7 Å². The number of benzene rings is 2. The first-order valence-electron chi connectivity index (χ1n) is 16.1. The van der Waals surface area contributed by atoms with Crippen LogP contribution < -0.4 is 10.6 Å². The number of nitrogens with one attached hydrogen (secondary N) is 2. The fraction of sp³-hybridized carbons (Fsp3) is 0.556. The average Bonchev–Trinajstić information content (AvgIpc) is 3.43. The molecule has 1 saturated heterocycles. The predicted octanol–water partition coefficient (Wildman–Crippen LogP) is 5.70. The van der Waals surface area contributed by atoms with Gasteiger partial charge < -0.3 is 20.3 Å². The van der Waals surface area contributed by atoms with E-state index in [1.807, 2.05) is 63.2 Å². The molecule has 0 bridgehead atoms. The Hall–Kier alpha value is -3.88. The number of likely N-dealkylation sites (N-methyl/N-ethyl adjacent to an activating group) is 1. The minimum absolute atomic E-state index is 0.113. The van der Waals surface area contributed by atoms with E-state index in [1.165, 1.54) is 17.5 Å². The molecule has 0 spiro atoms. The summed E-state index contributed by atoms with van der Waals surface area (Å²) >= 11 is 0. The molecule has 9 heteroatoms. The molecule has 0 aromatic heterocycles. The number of ether oxygens (including phenoxy) is 1. The van der Waals surface area contributed by atoms with Gasteiger partial charge in [-0.05, 0) is 81.9 Å². The fourth-order valence-corrected chi connectivity index (χ4v) is 6.28. The van der Waals surface area contributed by atoms with Gasteiger partial charge in [0.25, 0.3) is 0 Å². The average molecular weight is 619 g/mol. The van der Waals surface area contributed by atoms with Crippen LogP contribution in [0.1, 0.15) is 103 Å². The molecule has 1 aliphatic heterocycles. The van der Waals surface area contributed by atoms with Gasteiger partial charge in [0.15, 0.2) is 0 Å². The summed E-state index contributed by atoms with van der Waals surface area (Å²) in [5.74, 6) is -0.981. The minimum atomic E-state index is -0.950. The van der Waals surface area contributed by atoms with E-state index in [4.69, 9.17) is 4.74 Å². The van der Waals surface area contributed by atoms with Crippen molar-refractivity contribution in [3.8, 4) is 0 Å². The van der Waals surface area contributed by atoms with Crippen molar-refractivity contribution in [2.24, 2.45) is 5.41 Å². The molecule has 0 radical (unpaired) electrons. The largest absolute Gasteiger partial charge is 0.444 e. The molecule has 4 rings (SSSR count). The monoisotopic (exact) mass is 618 g/mol. The Kier molecular flexibility index (Phi) is 10.3. The normalized spacial score (nSPS) is 21.2. The number of hydrogen-bond acceptors (Lipinski definition) is 5. The molecule has 5 unspecified atom stereocenters. The summed E-state index contributed by atoms with van der Waals surface area (Å²) in [5.41, 5.74) is 1.92. The molecule has 1 aliphatic carbocycles. The summed E-state index contributed by atoms with van der Waals surface area (Å²) < 4.78 is 5.45. The Balaban J connectivity index is 1.61. The lowest BCUT2D eigenvalue weighted by Crippen LogP contribution is -2.60. The first-order valence-corrected chi connectivity index (χ1v) is 16.1. The third-order valence-electron chi connectivity index (χ3n) is 8.85. The molecule has 4 amide bonds. The summed E-state index contributed by atoms with van der Waals surface area (Å²) in [7, 11) is 1.50. The predicted molar refractivity (Wildman–Crippen MR) is 174 cm³/mol. The Morgan fingerprint density at radius 2 is 1.56 bits per heavy atom. The summed E-state index contributed by atoms with van der Waals surface area (Å²) in [4.78, 5) is 57.9. The number of amides is 4. The van der Waals surface area contributed by atoms with Crippen molar-refractivity contribution in [3.63, 3.8) is 0 Å². The number of likely N-dealkylation sites (tertiary alicyclic amines) is 1. The number of hydrogen-bond donors (Lipinski definition) is 2. The highest BCUT2D eigenvalue weighted by Crippen LogP contribution is 2.39. The van der Waals surface area contributed by atoms with Crippen LogP contribution in [0, 0.1) is 5.41 Å². The van der Waals surface area contributed by atoms with Gasteiger partial charge in [-0.3, -0.25) is 19.3 Å². The van der Waals surface area contributed by atoms with E-state index in [9.17, 15) is 19.2 Å². The van der Waals surface area contributed by atoms with Crippen molar-refractivity contribution in [1.82, 2.24) is 20.4 Å². The maximum absolute atomic E-state index is 14.7. The second-order valence-electron chi connectivity index (χ2n) is 14.5. The minimum Gasteiger partial charge on any atom is -0.444 e. The molecule has 2 aromatic carbocycles. The lowest BCUT2D eigenvalue weighted by atomic mass is 9.85. The van der Waals surface area contributed by atoms with Crippen LogP contribution in [-0.4, -0.2) is 64.4 Å². The zero-order valence-electron chi connectivity index (χ0n) is 28.1. The molecule has 0 saturated carbocycles. The van der Waals surface area contributed by atoms with Crippen LogP contribution in [-0.2, 0) is 25.5 Å². The smallest absolute Gasteiger partial charge is 0.410 e. The Labute approximate surface area is 268 Å². The van der Waals surface area contributed by atoms with Crippen molar-refractivity contribution in [1.29, 1.82) is 0 Å². The zero-order valence-corrected chi connectivity index (χ0v) is 28.1. The van der Waals surface area contributed by atoms with Gasteiger partial charge in [-0.1, -0.05) is 75.4 Å². The van der Waals surface area contributed by atoms with E-state index in [2.05, 4.69) is 22.8 Å². The van der Waals surface area contributed by atoms with Crippen LogP contribution in [0.4, 0.5) is 4.79 Å². The Morgan fingerprint density at radius 1 is 0.911 bits per heavy atom. The molecule has 2 aromatic rings. The number of nitrogens with zero attached hydrogens (tertiary/aromatic N) is 2. The van der Waals surface area contributed by atoms with Gasteiger partial charge in [-0.2, -0.15) is 0 Å². The Bertz CT molecular complexity index is 1380. The molecule has 5 atom stereocenters. The summed E-state index contributed by atoms with van der Waals surface area (Å²) in [6, 6.07) is 15.0. The van der Waals surface area contributed by atoms with Crippen molar-refractivity contribution in [2.75, 3.05) is 7.05 Å². The van der Waals surface area contributed by atoms with Gasteiger partial charge >= 0.3 is 6.09 Å². The highest BCUT2D eigenvalue weighted by Gasteiger charge is 2.47. The number of carbonyl (C=O) groups is 4. The van der Waals surface area contributed by atoms with Gasteiger partial charge in [0.05, 0.1) is 12.1 Å². The molecule has 244 valence electrons. The van der Waals surface area contributed by atoms with Crippen LogP contribution in [0.25, 0.3) is 0 Å². The SMILES string of the molecule is CC(C(=O)NC(C(=O)N1C(C(=O)NC2CCCc3ccccc32)CCC1c1ccccc1)C(C)(C)C)N(C)C(=O)OC(C)(C)C. The summed E-state index contributed by atoms with van der Waals surface area (Å²) in [6.45, 7) is 12.5. The van der Waals surface area contributed by atoms with Crippen LogP contribution in [0.15, 0.2) is 54.6 Å². The molecule has 45 heavy (non-hydrogen) atoms. The van der Waals surface area contributed by atoms with Crippen molar-refractivity contribution in [2.45, 2.75) is 116 Å². The first-order chi connectivity index (χ1) is 21.1. The standard InChI is InChI=1S/C36H50N4O5/c1-23(39(8)34(44)45-36(5,6)7)31(41)38-30(35(2,3)4)33(43)40-28(25-16-10-9-11-17-25)21-22-29(40)32(42)37-27-20-14-18-24-15-12-13-19-26(24)27/h9-13,15-17,19,23,27-30H,14,18,20-22H2,1-8H3,(H,37,42)(H,38,41). The number of rotatable bonds is 7. The van der Waals surface area contributed by atoms with Gasteiger partial charge in [-0.25, -0.2) is 4.79 Å². The van der Waals surface area contributed by atoms with Crippen molar-refractivity contribution in [3.05, 3.63) is 71.3 Å². The van der Waals surface area contributed by atoms with E-state index < -0.39 is 41.1 Å². The number of fused-ring (bicyclic) bond motifs is 1. The molecule has 1 fully saturated rings. The van der Waals surface area contributed by atoms with Crippen LogP contribution in [0.2, 0.25) is 0 Å². The fourth-order valence-electron chi connectivity index (χ4n) is 6.28. The molecular weight excluding hydrogens is 568 g/mol. The second-order valence-corrected chi connectivity index (χ2v) is 14.5. The molecular formula is C36H50N4O5. The number of carbonyl (C=O) groups excluding carboxylic acids is 4. The quantitative estimate of drug-likeness (QED) is 0.414. The van der Waals surface area contributed by atoms with Crippen molar-refractivity contribution >= 4 is 23.8 Å².